The molecule has 0 aliphatic carbocycles. The van der Waals surface area contributed by atoms with Gasteiger partial charge in [-0.05, 0) is 22.0 Å². The lowest BCUT2D eigenvalue weighted by molar-refractivity contribution is 1.35. The minimum absolute atomic E-state index is 0.423. The summed E-state index contributed by atoms with van der Waals surface area (Å²) >= 11 is 6.23. The molecule has 4 N–H and O–H groups in total. The highest BCUT2D eigenvalue weighted by Gasteiger charge is 1.90. The van der Waals surface area contributed by atoms with Crippen molar-refractivity contribution in [1.82, 2.24) is 0 Å². The van der Waals surface area contributed by atoms with Crippen molar-refractivity contribution < 1.29 is 0 Å². The van der Waals surface area contributed by atoms with Gasteiger partial charge in [-0.1, -0.05) is 28.6 Å². The number of nitrogens with two attached hydrogens (primary N) is 2. The van der Waals surface area contributed by atoms with Crippen molar-refractivity contribution in [2.75, 3.05) is 0 Å². The fraction of sp³-hybridized carbons (Fsp3) is 0. The number of rotatable bonds is 2. The van der Waals surface area contributed by atoms with E-state index in [1.807, 2.05) is 0 Å². The maximum absolute atomic E-state index is 5.45. The Kier molecular flexibility index (Phi) is 4.47. The molecular weight excluding hydrogens is 260 g/mol. The van der Waals surface area contributed by atoms with Gasteiger partial charge in [0.05, 0.1) is 10.3 Å². The van der Waals surface area contributed by atoms with Crippen molar-refractivity contribution in [3.05, 3.63) is 33.5 Å². The molecule has 0 radical (unpaired) electrons. The van der Waals surface area contributed by atoms with Gasteiger partial charge in [0.1, 0.15) is 0 Å². The minimum Gasteiger partial charge on any atom is -0.397 e. The molecule has 0 heterocycles. The van der Waals surface area contributed by atoms with Gasteiger partial charge in [-0.25, -0.2) is 0 Å². The third-order valence-electron chi connectivity index (χ3n) is 0.764. The van der Waals surface area contributed by atoms with Gasteiger partial charge in [0, 0.05) is 4.48 Å². The van der Waals surface area contributed by atoms with Gasteiger partial charge in [-0.15, -0.1) is 0 Å². The van der Waals surface area contributed by atoms with Crippen molar-refractivity contribution in [1.29, 1.82) is 0 Å². The molecule has 0 aliphatic rings. The number of hydrogen-bond acceptors (Lipinski definition) is 2. The van der Waals surface area contributed by atoms with E-state index in [1.165, 1.54) is 0 Å². The van der Waals surface area contributed by atoms with E-state index in [1.54, 1.807) is 12.2 Å². The smallest absolute Gasteiger partial charge is 0.0987 e. The lowest BCUT2D eigenvalue weighted by atomic mass is 10.4. The molecule has 0 bridgehead atoms. The van der Waals surface area contributed by atoms with E-state index < -0.39 is 0 Å². The molecule has 10 heavy (non-hydrogen) atoms. The Morgan fingerprint density at radius 3 is 2.10 bits per heavy atom. The maximum Gasteiger partial charge on any atom is 0.0987 e. The molecular formula is C6H8Br2N2. The summed E-state index contributed by atoms with van der Waals surface area (Å²) < 4.78 is 1.22. The molecule has 4 heteroatoms. The molecule has 0 saturated carbocycles. The second kappa shape index (κ2) is 4.57. The second-order valence-corrected chi connectivity index (χ2v) is 3.31. The maximum atomic E-state index is 5.45. The van der Waals surface area contributed by atoms with Crippen LogP contribution in [0, 0.1) is 0 Å². The topological polar surface area (TPSA) is 52.0 Å². The SMILES string of the molecule is C=C/C(Br)=C\C(N)=C(/N)Br. The molecule has 0 saturated heterocycles. The molecule has 0 aromatic carbocycles. The van der Waals surface area contributed by atoms with Gasteiger partial charge in [0.15, 0.2) is 0 Å². The van der Waals surface area contributed by atoms with Crippen LogP contribution in [0.3, 0.4) is 0 Å². The van der Waals surface area contributed by atoms with Crippen LogP contribution in [0.5, 0.6) is 0 Å². The quantitative estimate of drug-likeness (QED) is 0.594. The highest BCUT2D eigenvalue weighted by atomic mass is 79.9. The third-order valence-corrected chi connectivity index (χ3v) is 1.77. The number of halogens is 2. The zero-order chi connectivity index (χ0) is 8.15. The fourth-order valence-corrected chi connectivity index (χ4v) is 0.638. The highest BCUT2D eigenvalue weighted by Crippen LogP contribution is 2.10. The van der Waals surface area contributed by atoms with Crippen LogP contribution in [-0.2, 0) is 0 Å². The van der Waals surface area contributed by atoms with Crippen LogP contribution >= 0.6 is 31.9 Å². The standard InChI is InChI=1S/C6H8Br2N2/c1-2-4(7)3-5(9)6(8)10/h2-3H,1,9-10H2/b4-3+,6-5+. The van der Waals surface area contributed by atoms with Crippen LogP contribution in [0.1, 0.15) is 0 Å². The molecule has 0 rings (SSSR count). The summed E-state index contributed by atoms with van der Waals surface area (Å²) in [6.07, 6.45) is 3.29. The first-order valence-electron chi connectivity index (χ1n) is 2.48. The van der Waals surface area contributed by atoms with E-state index in [-0.39, 0.29) is 0 Å². The molecule has 0 atom stereocenters. The molecule has 0 amide bonds. The molecule has 56 valence electrons. The number of hydrogen-bond donors (Lipinski definition) is 2. The van der Waals surface area contributed by atoms with E-state index in [0.29, 0.717) is 10.3 Å². The Balaban J connectivity index is 4.42. The first-order valence-corrected chi connectivity index (χ1v) is 4.07. The van der Waals surface area contributed by atoms with Gasteiger partial charge >= 0.3 is 0 Å². The molecule has 0 aliphatic heterocycles. The summed E-state index contributed by atoms with van der Waals surface area (Å²) in [6, 6.07) is 0. The average molecular weight is 268 g/mol. The van der Waals surface area contributed by atoms with Crippen LogP contribution in [0.2, 0.25) is 0 Å². The lowest BCUT2D eigenvalue weighted by Gasteiger charge is -1.94. The highest BCUT2D eigenvalue weighted by molar-refractivity contribution is 9.12. The summed E-state index contributed by atoms with van der Waals surface area (Å²) in [7, 11) is 0. The van der Waals surface area contributed by atoms with Gasteiger partial charge in [-0.2, -0.15) is 0 Å². The van der Waals surface area contributed by atoms with Gasteiger partial charge in [0.25, 0.3) is 0 Å². The molecule has 0 aromatic heterocycles. The fourth-order valence-electron chi connectivity index (χ4n) is 0.276. The normalized spacial score (nSPS) is 14.4. The Morgan fingerprint density at radius 2 is 1.80 bits per heavy atom. The molecule has 0 spiro atoms. The van der Waals surface area contributed by atoms with Crippen LogP contribution in [-0.4, -0.2) is 0 Å². The van der Waals surface area contributed by atoms with Crippen molar-refractivity contribution in [3.8, 4) is 0 Å². The zero-order valence-corrected chi connectivity index (χ0v) is 8.44. The first kappa shape index (κ1) is 9.78. The van der Waals surface area contributed by atoms with Crippen LogP contribution < -0.4 is 11.5 Å². The van der Waals surface area contributed by atoms with E-state index in [2.05, 4.69) is 38.4 Å². The van der Waals surface area contributed by atoms with Crippen molar-refractivity contribution >= 4 is 31.9 Å². The Hall–Kier alpha value is -0.220. The predicted molar refractivity (Wildman–Crippen MR) is 51.5 cm³/mol. The molecule has 2 nitrogen and oxygen atoms in total. The van der Waals surface area contributed by atoms with Crippen LogP contribution in [0.4, 0.5) is 0 Å². The largest absolute Gasteiger partial charge is 0.397 e. The molecule has 0 fully saturated rings. The van der Waals surface area contributed by atoms with Gasteiger partial charge < -0.3 is 11.5 Å². The summed E-state index contributed by atoms with van der Waals surface area (Å²) in [4.78, 5) is 0. The van der Waals surface area contributed by atoms with E-state index >= 15 is 0 Å². The average Bonchev–Trinajstić information content (AvgIpc) is 1.87. The third kappa shape index (κ3) is 3.74. The van der Waals surface area contributed by atoms with Crippen LogP contribution in [0.15, 0.2) is 33.5 Å². The molecule has 0 aromatic rings. The summed E-state index contributed by atoms with van der Waals surface area (Å²) in [5, 5.41) is 0. The van der Waals surface area contributed by atoms with E-state index in [4.69, 9.17) is 11.5 Å². The van der Waals surface area contributed by atoms with Gasteiger partial charge in [0.2, 0.25) is 0 Å². The van der Waals surface area contributed by atoms with Crippen molar-refractivity contribution in [3.63, 3.8) is 0 Å². The van der Waals surface area contributed by atoms with Crippen molar-refractivity contribution in [2.45, 2.75) is 0 Å². The van der Waals surface area contributed by atoms with Crippen LogP contribution in [0.25, 0.3) is 0 Å². The monoisotopic (exact) mass is 266 g/mol. The predicted octanol–water partition coefficient (Wildman–Crippen LogP) is 1.93. The minimum atomic E-state index is 0.423. The zero-order valence-electron chi connectivity index (χ0n) is 5.27. The Morgan fingerprint density at radius 1 is 1.30 bits per heavy atom. The summed E-state index contributed by atoms with van der Waals surface area (Å²) in [5.74, 6) is 0. The lowest BCUT2D eigenvalue weighted by Crippen LogP contribution is -2.02. The Labute approximate surface area is 76.9 Å². The Bertz CT molecular complexity index is 190. The van der Waals surface area contributed by atoms with E-state index in [9.17, 15) is 0 Å². The molecule has 0 unspecified atom stereocenters. The summed E-state index contributed by atoms with van der Waals surface area (Å²) in [5.41, 5.74) is 11.2. The first-order chi connectivity index (χ1) is 4.57. The van der Waals surface area contributed by atoms with Crippen molar-refractivity contribution in [2.24, 2.45) is 11.5 Å². The van der Waals surface area contributed by atoms with E-state index in [0.717, 1.165) is 4.48 Å². The summed E-state index contributed by atoms with van der Waals surface area (Å²) in [6.45, 7) is 3.52. The number of allylic oxidation sites excluding steroid dienone is 3. The second-order valence-electron chi connectivity index (χ2n) is 1.54. The van der Waals surface area contributed by atoms with Gasteiger partial charge in [-0.3, -0.25) is 0 Å².